The zero-order chi connectivity index (χ0) is 12.9. The van der Waals surface area contributed by atoms with Gasteiger partial charge < -0.3 is 25.5 Å². The average Bonchev–Trinajstić information content (AvgIpc) is 2.32. The zero-order valence-electron chi connectivity index (χ0n) is 8.15. The van der Waals surface area contributed by atoms with Gasteiger partial charge in [0.15, 0.2) is 0 Å². The minimum atomic E-state index is -2.19. The van der Waals surface area contributed by atoms with Gasteiger partial charge >= 0.3 is 0 Å². The molecule has 0 rings (SSSR count). The zero-order valence-corrected chi connectivity index (χ0v) is 8.91. The smallest absolute Gasteiger partial charge is 0.230 e. The largest absolute Gasteiger partial charge is 0.394 e. The van der Waals surface area contributed by atoms with Crippen molar-refractivity contribution in [3.8, 4) is 0 Å². The first-order chi connectivity index (χ1) is 7.36. The third kappa shape index (κ3) is 3.78. The van der Waals surface area contributed by atoms with Crippen LogP contribution in [-0.4, -0.2) is 74.0 Å². The summed E-state index contributed by atoms with van der Waals surface area (Å²) in [7, 11) is 0. The van der Waals surface area contributed by atoms with E-state index in [-0.39, 0.29) is 0 Å². The van der Waals surface area contributed by atoms with Crippen LogP contribution >= 0.6 is 11.6 Å². The molecule has 0 spiro atoms. The molecule has 5 N–H and O–H groups in total. The number of rotatable bonds is 7. The molecule has 0 aromatic rings. The van der Waals surface area contributed by atoms with E-state index in [1.165, 1.54) is 0 Å². The van der Waals surface area contributed by atoms with Crippen LogP contribution in [0.2, 0.25) is 0 Å². The van der Waals surface area contributed by atoms with Crippen LogP contribution in [0.3, 0.4) is 0 Å². The summed E-state index contributed by atoms with van der Waals surface area (Å²) in [6.07, 6.45) is -7.96. The summed E-state index contributed by atoms with van der Waals surface area (Å²) in [5.74, 6) is -3.16. The molecule has 0 heterocycles. The Hall–Kier alpha value is -0.570. The lowest BCUT2D eigenvalue weighted by Gasteiger charge is -2.24. The van der Waals surface area contributed by atoms with Crippen molar-refractivity contribution in [2.75, 3.05) is 12.5 Å². The number of halogens is 1. The number of Topliss-reactive ketones (excluding diaryl/α,β-unsaturated/α-hetero) is 2. The van der Waals surface area contributed by atoms with Crippen LogP contribution in [0.25, 0.3) is 0 Å². The lowest BCUT2D eigenvalue weighted by Crippen LogP contribution is -2.50. The molecule has 0 aliphatic heterocycles. The normalized spacial score (nSPS) is 18.6. The van der Waals surface area contributed by atoms with Gasteiger partial charge in [0, 0.05) is 0 Å². The van der Waals surface area contributed by atoms with Crippen molar-refractivity contribution in [3.63, 3.8) is 0 Å². The SMILES string of the molecule is O=C(CCl)C(=O)C(O)C(O)C(O)C(O)CO. The number of alkyl halides is 1. The molecule has 0 saturated carbocycles. The first-order valence-corrected chi connectivity index (χ1v) is 4.86. The fourth-order valence-corrected chi connectivity index (χ4v) is 1.04. The number of hydrogen-bond acceptors (Lipinski definition) is 7. The van der Waals surface area contributed by atoms with Gasteiger partial charge in [0.2, 0.25) is 11.6 Å². The predicted molar refractivity (Wildman–Crippen MR) is 51.8 cm³/mol. The van der Waals surface area contributed by atoms with E-state index in [0.717, 1.165) is 0 Å². The molecule has 0 bridgehead atoms. The van der Waals surface area contributed by atoms with E-state index in [1.54, 1.807) is 0 Å². The quantitative estimate of drug-likeness (QED) is 0.239. The molecule has 4 atom stereocenters. The fourth-order valence-electron chi connectivity index (χ4n) is 0.908. The first-order valence-electron chi connectivity index (χ1n) is 4.33. The van der Waals surface area contributed by atoms with Crippen molar-refractivity contribution in [1.29, 1.82) is 0 Å². The molecule has 0 radical (unpaired) electrons. The highest BCUT2D eigenvalue weighted by molar-refractivity contribution is 6.48. The highest BCUT2D eigenvalue weighted by Crippen LogP contribution is 2.06. The van der Waals surface area contributed by atoms with E-state index in [4.69, 9.17) is 26.9 Å². The number of ketones is 2. The topological polar surface area (TPSA) is 135 Å². The van der Waals surface area contributed by atoms with E-state index in [1.807, 2.05) is 0 Å². The Kier molecular flexibility index (Phi) is 6.65. The van der Waals surface area contributed by atoms with Gasteiger partial charge in [0.25, 0.3) is 0 Å². The Bertz CT molecular complexity index is 257. The lowest BCUT2D eigenvalue weighted by molar-refractivity contribution is -0.153. The first kappa shape index (κ1) is 15.4. The van der Waals surface area contributed by atoms with Gasteiger partial charge in [-0.15, -0.1) is 11.6 Å². The maximum Gasteiger partial charge on any atom is 0.230 e. The number of aliphatic hydroxyl groups excluding tert-OH is 5. The Morgan fingerprint density at radius 1 is 1.06 bits per heavy atom. The second-order valence-corrected chi connectivity index (χ2v) is 3.36. The van der Waals surface area contributed by atoms with Gasteiger partial charge in [-0.05, 0) is 0 Å². The van der Waals surface area contributed by atoms with Crippen LogP contribution < -0.4 is 0 Å². The molecule has 0 aromatic carbocycles. The third-order valence-corrected chi connectivity index (χ3v) is 2.16. The van der Waals surface area contributed by atoms with Crippen LogP contribution in [0, 0.1) is 0 Å². The van der Waals surface area contributed by atoms with Gasteiger partial charge in [-0.1, -0.05) is 0 Å². The Morgan fingerprint density at radius 2 is 1.56 bits per heavy atom. The summed E-state index contributed by atoms with van der Waals surface area (Å²) < 4.78 is 0. The van der Waals surface area contributed by atoms with Crippen LogP contribution in [0.1, 0.15) is 0 Å². The molecule has 0 aliphatic carbocycles. The predicted octanol–water partition coefficient (Wildman–Crippen LogP) is -3.20. The molecular weight excluding hydrogens is 244 g/mol. The van der Waals surface area contributed by atoms with Crippen molar-refractivity contribution in [2.24, 2.45) is 0 Å². The maximum absolute atomic E-state index is 11.0. The summed E-state index contributed by atoms with van der Waals surface area (Å²) in [6.45, 7) is -0.872. The lowest BCUT2D eigenvalue weighted by atomic mass is 9.99. The van der Waals surface area contributed by atoms with Gasteiger partial charge in [0.05, 0.1) is 12.5 Å². The van der Waals surface area contributed by atoms with Gasteiger partial charge in [-0.2, -0.15) is 0 Å². The monoisotopic (exact) mass is 256 g/mol. The molecular formula is C8H13ClO7. The summed E-state index contributed by atoms with van der Waals surface area (Å²) in [5, 5.41) is 44.9. The summed E-state index contributed by atoms with van der Waals surface area (Å²) in [4.78, 5) is 21.8. The third-order valence-electron chi connectivity index (χ3n) is 1.92. The highest BCUT2D eigenvalue weighted by Gasteiger charge is 2.36. The fraction of sp³-hybridized carbons (Fsp3) is 0.750. The van der Waals surface area contributed by atoms with Crippen molar-refractivity contribution >= 4 is 23.2 Å². The molecule has 0 aromatic heterocycles. The molecule has 16 heavy (non-hydrogen) atoms. The van der Waals surface area contributed by atoms with E-state index < -0.39 is 48.5 Å². The summed E-state index contributed by atoms with van der Waals surface area (Å²) >= 11 is 5.05. The molecule has 8 heteroatoms. The van der Waals surface area contributed by atoms with Crippen molar-refractivity contribution in [1.82, 2.24) is 0 Å². The van der Waals surface area contributed by atoms with Gasteiger partial charge in [-0.25, -0.2) is 0 Å². The van der Waals surface area contributed by atoms with Crippen molar-refractivity contribution in [2.45, 2.75) is 24.4 Å². The number of carbonyl (C=O) groups excluding carboxylic acids is 2. The maximum atomic E-state index is 11.0. The van der Waals surface area contributed by atoms with Gasteiger partial charge in [-0.3, -0.25) is 9.59 Å². The van der Waals surface area contributed by atoms with E-state index in [0.29, 0.717) is 0 Å². The second kappa shape index (κ2) is 6.89. The highest BCUT2D eigenvalue weighted by atomic mass is 35.5. The number of aliphatic hydroxyl groups is 5. The molecule has 0 aliphatic rings. The number of carbonyl (C=O) groups is 2. The van der Waals surface area contributed by atoms with Crippen LogP contribution in [0.5, 0.6) is 0 Å². The van der Waals surface area contributed by atoms with Crippen LogP contribution in [0.4, 0.5) is 0 Å². The Labute approximate surface area is 95.9 Å². The van der Waals surface area contributed by atoms with Crippen LogP contribution in [-0.2, 0) is 9.59 Å². The van der Waals surface area contributed by atoms with Crippen molar-refractivity contribution < 1.29 is 35.1 Å². The van der Waals surface area contributed by atoms with E-state index in [9.17, 15) is 19.8 Å². The molecule has 4 unspecified atom stereocenters. The van der Waals surface area contributed by atoms with Crippen LogP contribution in [0.15, 0.2) is 0 Å². The standard InChI is InChI=1S/C8H13ClO7/c9-1-3(11)5(13)7(15)8(16)6(14)4(12)2-10/h4,6-8,10,12,14-16H,1-2H2. The van der Waals surface area contributed by atoms with Crippen molar-refractivity contribution in [3.05, 3.63) is 0 Å². The molecule has 94 valence electrons. The Morgan fingerprint density at radius 3 is 1.94 bits per heavy atom. The summed E-state index contributed by atoms with van der Waals surface area (Å²) in [5.41, 5.74) is 0. The van der Waals surface area contributed by atoms with E-state index >= 15 is 0 Å². The molecule has 0 saturated heterocycles. The average molecular weight is 257 g/mol. The van der Waals surface area contributed by atoms with E-state index in [2.05, 4.69) is 0 Å². The molecule has 0 amide bonds. The Balaban J connectivity index is 4.54. The molecule has 0 fully saturated rings. The number of hydrogen-bond donors (Lipinski definition) is 5. The second-order valence-electron chi connectivity index (χ2n) is 3.10. The molecule has 7 nitrogen and oxygen atoms in total. The summed E-state index contributed by atoms with van der Waals surface area (Å²) in [6, 6.07) is 0. The minimum Gasteiger partial charge on any atom is -0.394 e. The minimum absolute atomic E-state index is 0.665. The van der Waals surface area contributed by atoms with Gasteiger partial charge in [0.1, 0.15) is 24.4 Å².